The van der Waals surface area contributed by atoms with Crippen LogP contribution >= 0.6 is 0 Å². The summed E-state index contributed by atoms with van der Waals surface area (Å²) in [5, 5.41) is 11.0. The highest BCUT2D eigenvalue weighted by Crippen LogP contribution is 2.19. The van der Waals surface area contributed by atoms with Crippen molar-refractivity contribution in [2.75, 3.05) is 13.6 Å². The zero-order valence-corrected chi connectivity index (χ0v) is 30.6. The predicted octanol–water partition coefficient (Wildman–Crippen LogP) is 11.1. The van der Waals surface area contributed by atoms with Gasteiger partial charge in [-0.3, -0.25) is 0 Å². The summed E-state index contributed by atoms with van der Waals surface area (Å²) < 4.78 is 0.233. The van der Waals surface area contributed by atoms with E-state index in [9.17, 15) is 5.21 Å². The Hall–Kier alpha value is 0.210. The second-order valence-electron chi connectivity index (χ2n) is 14.2. The van der Waals surface area contributed by atoms with Gasteiger partial charge in [0.15, 0.2) is 0 Å². The number of halogens is 1. The van der Waals surface area contributed by atoms with Crippen LogP contribution in [0.4, 0.5) is 0 Å². The minimum atomic E-state index is 0. The molecule has 256 valence electrons. The molecule has 1 N–H and O–H groups in total. The number of rotatable bonds is 35. The van der Waals surface area contributed by atoms with E-state index in [1.807, 2.05) is 7.05 Å². The number of hydrogen-bond acceptors (Lipinski definition) is 1. The van der Waals surface area contributed by atoms with Gasteiger partial charge < -0.3 is 12.4 Å². The Kier molecular flexibility index (Phi) is 37.7. The number of hydroxylamine groups is 3. The van der Waals surface area contributed by atoms with E-state index in [1.165, 1.54) is 212 Å². The summed E-state index contributed by atoms with van der Waals surface area (Å²) >= 11 is 0. The molecule has 0 spiro atoms. The SMILES string of the molecule is CCCCCCCCCCCCCCCCCCC(C)[N+](C)(O)CCCCCCCCCCCCCCCCCC.[Cl-]. The molecule has 0 rings (SSSR count). The molecule has 0 amide bonds. The fourth-order valence-electron chi connectivity index (χ4n) is 6.47. The molecular formula is C39H82ClNO. The molecule has 0 aliphatic heterocycles. The molecule has 2 nitrogen and oxygen atoms in total. The summed E-state index contributed by atoms with van der Waals surface area (Å²) in [5.41, 5.74) is 0. The number of quaternary nitrogens is 1. The molecular weight excluding hydrogens is 534 g/mol. The number of nitrogens with zero attached hydrogens (tertiary/aromatic N) is 1. The summed E-state index contributed by atoms with van der Waals surface area (Å²) in [6.07, 6.45) is 46.4. The molecule has 0 aromatic heterocycles. The van der Waals surface area contributed by atoms with Crippen LogP contribution in [0.25, 0.3) is 0 Å². The Labute approximate surface area is 273 Å². The van der Waals surface area contributed by atoms with Gasteiger partial charge in [0.1, 0.15) is 12.6 Å². The minimum absolute atomic E-state index is 0. The third-order valence-electron chi connectivity index (χ3n) is 9.89. The standard InChI is InChI=1S/C39H82NO.ClH/c1-5-7-9-11-13-15-17-19-21-23-25-27-29-31-33-35-37-39(3)40(4,41)38-36-34-32-30-28-26-24-22-20-18-16-14-12-10-8-6-2;/h39,41H,5-38H2,1-4H3;1H/q+1;/p-1. The Morgan fingerprint density at radius 2 is 0.595 bits per heavy atom. The zero-order valence-electron chi connectivity index (χ0n) is 29.9. The normalized spacial score (nSPS) is 13.6. The van der Waals surface area contributed by atoms with Crippen LogP contribution in [0.2, 0.25) is 0 Å². The molecule has 0 saturated carbocycles. The third kappa shape index (κ3) is 33.1. The maximum atomic E-state index is 11.0. The van der Waals surface area contributed by atoms with Crippen molar-refractivity contribution in [2.45, 2.75) is 239 Å². The monoisotopic (exact) mass is 616 g/mol. The first-order valence-electron chi connectivity index (χ1n) is 19.6. The van der Waals surface area contributed by atoms with Gasteiger partial charge in [-0.05, 0) is 26.2 Å². The molecule has 0 saturated heterocycles. The molecule has 0 heterocycles. The van der Waals surface area contributed by atoms with Gasteiger partial charge >= 0.3 is 0 Å². The van der Waals surface area contributed by atoms with Gasteiger partial charge in [0.2, 0.25) is 0 Å². The summed E-state index contributed by atoms with van der Waals surface area (Å²) in [6, 6.07) is 0.373. The van der Waals surface area contributed by atoms with Crippen LogP contribution in [0.3, 0.4) is 0 Å². The third-order valence-corrected chi connectivity index (χ3v) is 9.89. The van der Waals surface area contributed by atoms with E-state index in [1.54, 1.807) is 0 Å². The van der Waals surface area contributed by atoms with E-state index >= 15 is 0 Å². The maximum absolute atomic E-state index is 11.0. The molecule has 0 aromatic rings. The van der Waals surface area contributed by atoms with Crippen molar-refractivity contribution >= 4 is 0 Å². The van der Waals surface area contributed by atoms with E-state index in [-0.39, 0.29) is 17.1 Å². The lowest BCUT2D eigenvalue weighted by molar-refractivity contribution is -1.10. The first-order chi connectivity index (χ1) is 20.0. The average Bonchev–Trinajstić information content (AvgIpc) is 2.96. The second-order valence-corrected chi connectivity index (χ2v) is 14.2. The van der Waals surface area contributed by atoms with E-state index in [0.29, 0.717) is 6.04 Å². The van der Waals surface area contributed by atoms with Gasteiger partial charge in [-0.2, -0.15) is 4.65 Å². The number of unbranched alkanes of at least 4 members (excludes halogenated alkanes) is 30. The smallest absolute Gasteiger partial charge is 0.116 e. The summed E-state index contributed by atoms with van der Waals surface area (Å²) in [6.45, 7) is 7.79. The lowest BCUT2D eigenvalue weighted by Gasteiger charge is -2.32. The highest BCUT2D eigenvalue weighted by atomic mass is 35.5. The highest BCUT2D eigenvalue weighted by molar-refractivity contribution is 4.55. The van der Waals surface area contributed by atoms with Gasteiger partial charge in [0.05, 0.1) is 7.05 Å². The van der Waals surface area contributed by atoms with Crippen molar-refractivity contribution < 1.29 is 22.3 Å². The van der Waals surface area contributed by atoms with Crippen molar-refractivity contribution in [3.05, 3.63) is 0 Å². The minimum Gasteiger partial charge on any atom is -1.00 e. The van der Waals surface area contributed by atoms with Gasteiger partial charge in [-0.1, -0.05) is 200 Å². The fourth-order valence-corrected chi connectivity index (χ4v) is 6.47. The second kappa shape index (κ2) is 35.7. The Bertz CT molecular complexity index is 483. The van der Waals surface area contributed by atoms with Crippen LogP contribution in [-0.2, 0) is 0 Å². The fraction of sp³-hybridized carbons (Fsp3) is 1.00. The van der Waals surface area contributed by atoms with Crippen LogP contribution in [-0.4, -0.2) is 29.5 Å². The van der Waals surface area contributed by atoms with E-state index in [4.69, 9.17) is 0 Å². The van der Waals surface area contributed by atoms with E-state index in [2.05, 4.69) is 20.8 Å². The van der Waals surface area contributed by atoms with Crippen molar-refractivity contribution in [1.82, 2.24) is 0 Å². The Morgan fingerprint density at radius 3 is 0.857 bits per heavy atom. The van der Waals surface area contributed by atoms with Gasteiger partial charge in [0.25, 0.3) is 0 Å². The van der Waals surface area contributed by atoms with Crippen LogP contribution in [0.15, 0.2) is 0 Å². The zero-order chi connectivity index (χ0) is 30.1. The summed E-state index contributed by atoms with van der Waals surface area (Å²) in [7, 11) is 2.04. The Balaban J connectivity index is 0. The van der Waals surface area contributed by atoms with Crippen LogP contribution < -0.4 is 12.4 Å². The first-order valence-corrected chi connectivity index (χ1v) is 19.6. The molecule has 0 fully saturated rings. The van der Waals surface area contributed by atoms with Crippen molar-refractivity contribution in [2.24, 2.45) is 0 Å². The first kappa shape index (κ1) is 44.3. The van der Waals surface area contributed by atoms with Gasteiger partial charge in [-0.15, -0.1) is 0 Å². The molecule has 0 aromatic carbocycles. The molecule has 2 atom stereocenters. The molecule has 0 radical (unpaired) electrons. The molecule has 0 aliphatic rings. The molecule has 3 heteroatoms. The highest BCUT2D eigenvalue weighted by Gasteiger charge is 2.26. The van der Waals surface area contributed by atoms with E-state index in [0.717, 1.165) is 6.54 Å². The van der Waals surface area contributed by atoms with Crippen LogP contribution in [0.5, 0.6) is 0 Å². The molecule has 2 unspecified atom stereocenters. The van der Waals surface area contributed by atoms with E-state index < -0.39 is 0 Å². The summed E-state index contributed by atoms with van der Waals surface area (Å²) in [5.74, 6) is 0. The lowest BCUT2D eigenvalue weighted by Crippen LogP contribution is -3.00. The molecule has 0 bridgehead atoms. The molecule has 42 heavy (non-hydrogen) atoms. The molecule has 0 aliphatic carbocycles. The predicted molar refractivity (Wildman–Crippen MR) is 186 cm³/mol. The lowest BCUT2D eigenvalue weighted by atomic mass is 10.0. The van der Waals surface area contributed by atoms with Crippen molar-refractivity contribution in [1.29, 1.82) is 0 Å². The topological polar surface area (TPSA) is 20.2 Å². The number of hydrogen-bond donors (Lipinski definition) is 1. The quantitative estimate of drug-likeness (QED) is 0.0427. The van der Waals surface area contributed by atoms with Gasteiger partial charge in [-0.25, -0.2) is 5.21 Å². The Morgan fingerprint density at radius 1 is 0.381 bits per heavy atom. The van der Waals surface area contributed by atoms with Crippen LogP contribution in [0.1, 0.15) is 233 Å². The average molecular weight is 617 g/mol. The van der Waals surface area contributed by atoms with Crippen LogP contribution in [0, 0.1) is 0 Å². The van der Waals surface area contributed by atoms with Gasteiger partial charge in [0, 0.05) is 6.42 Å². The van der Waals surface area contributed by atoms with Crippen molar-refractivity contribution in [3.63, 3.8) is 0 Å². The largest absolute Gasteiger partial charge is 1.00 e. The summed E-state index contributed by atoms with van der Waals surface area (Å²) in [4.78, 5) is 0. The maximum Gasteiger partial charge on any atom is 0.116 e. The van der Waals surface area contributed by atoms with Crippen molar-refractivity contribution in [3.8, 4) is 0 Å².